The van der Waals surface area contributed by atoms with Crippen molar-refractivity contribution in [1.82, 2.24) is 15.1 Å². The Morgan fingerprint density at radius 3 is 2.78 bits per heavy atom. The Morgan fingerprint density at radius 1 is 1.22 bits per heavy atom. The van der Waals surface area contributed by atoms with Crippen LogP contribution in [0.2, 0.25) is 0 Å². The summed E-state index contributed by atoms with van der Waals surface area (Å²) in [4.78, 5) is 16.4. The molecule has 3 heterocycles. The van der Waals surface area contributed by atoms with E-state index in [1.807, 2.05) is 19.9 Å². The Morgan fingerprint density at radius 2 is 2.03 bits per heavy atom. The molecule has 0 radical (unpaired) electrons. The summed E-state index contributed by atoms with van der Waals surface area (Å²) >= 11 is 0. The lowest BCUT2D eigenvalue weighted by molar-refractivity contribution is -0.122. The highest BCUT2D eigenvalue weighted by Gasteiger charge is 2.44. The fourth-order valence-electron chi connectivity index (χ4n) is 5.53. The van der Waals surface area contributed by atoms with Gasteiger partial charge in [0.25, 0.3) is 0 Å². The first-order valence-corrected chi connectivity index (χ1v) is 13.4. The van der Waals surface area contributed by atoms with Crippen molar-refractivity contribution in [2.24, 2.45) is 0 Å². The summed E-state index contributed by atoms with van der Waals surface area (Å²) in [5.41, 5.74) is 0.0944. The van der Waals surface area contributed by atoms with Crippen LogP contribution in [0.25, 0.3) is 0 Å². The number of nitrogens with one attached hydrogen (secondary N) is 1. The van der Waals surface area contributed by atoms with Crippen molar-refractivity contribution in [1.29, 1.82) is 0 Å². The lowest BCUT2D eigenvalue weighted by atomic mass is 9.85. The third-order valence-corrected chi connectivity index (χ3v) is 7.52. The van der Waals surface area contributed by atoms with Gasteiger partial charge in [-0.15, -0.1) is 0 Å². The molecule has 0 unspecified atom stereocenters. The summed E-state index contributed by atoms with van der Waals surface area (Å²) < 4.78 is 23.7. The maximum atomic E-state index is 11.7. The number of nitrogens with zero attached hydrogens (tertiary/aromatic N) is 2. The number of fused-ring (bicyclic) bond motifs is 1. The maximum Gasteiger partial charge on any atom is 0.217 e. The molecule has 4 atom stereocenters. The van der Waals surface area contributed by atoms with Crippen LogP contribution in [-0.4, -0.2) is 104 Å². The van der Waals surface area contributed by atoms with Crippen molar-refractivity contribution in [2.75, 3.05) is 59.2 Å². The van der Waals surface area contributed by atoms with Gasteiger partial charge in [-0.3, -0.25) is 14.6 Å². The molecule has 9 heteroatoms. The number of hydrogen-bond donors (Lipinski definition) is 2. The largest absolute Gasteiger partial charge is 0.490 e. The summed E-state index contributed by atoms with van der Waals surface area (Å²) in [7, 11) is 0. The van der Waals surface area contributed by atoms with Crippen molar-refractivity contribution in [2.45, 2.75) is 70.4 Å². The van der Waals surface area contributed by atoms with Crippen LogP contribution in [0.4, 0.5) is 0 Å². The summed E-state index contributed by atoms with van der Waals surface area (Å²) in [5, 5.41) is 14.1. The molecule has 0 spiro atoms. The first kappa shape index (κ1) is 27.1. The Balaban J connectivity index is 1.41. The first-order chi connectivity index (χ1) is 17.4. The molecule has 0 aliphatic carbocycles. The van der Waals surface area contributed by atoms with Crippen LogP contribution < -0.4 is 14.8 Å². The fourth-order valence-corrected chi connectivity index (χ4v) is 5.53. The second-order valence-electron chi connectivity index (χ2n) is 10.4. The fraction of sp³-hybridized carbons (Fsp3) is 0.741. The van der Waals surface area contributed by atoms with Crippen LogP contribution in [-0.2, 0) is 20.8 Å². The van der Waals surface area contributed by atoms with Gasteiger partial charge in [0.15, 0.2) is 11.5 Å². The van der Waals surface area contributed by atoms with Crippen molar-refractivity contribution >= 4 is 5.91 Å². The highest BCUT2D eigenvalue weighted by Crippen LogP contribution is 2.35. The number of benzene rings is 1. The number of ether oxygens (including phenoxy) is 4. The molecule has 0 bridgehead atoms. The van der Waals surface area contributed by atoms with E-state index in [9.17, 15) is 9.90 Å². The Hall–Kier alpha value is -1.91. The molecule has 202 valence electrons. The lowest BCUT2D eigenvalue weighted by Gasteiger charge is -2.42. The number of hydrogen-bond acceptors (Lipinski definition) is 8. The van der Waals surface area contributed by atoms with E-state index in [4.69, 9.17) is 18.9 Å². The zero-order chi connectivity index (χ0) is 25.5. The molecule has 3 aliphatic heterocycles. The predicted molar refractivity (Wildman–Crippen MR) is 136 cm³/mol. The topological polar surface area (TPSA) is 92.7 Å². The van der Waals surface area contributed by atoms with Gasteiger partial charge in [0.05, 0.1) is 44.2 Å². The molecule has 36 heavy (non-hydrogen) atoms. The predicted octanol–water partition coefficient (Wildman–Crippen LogP) is 1.81. The monoisotopic (exact) mass is 505 g/mol. The number of aliphatic hydroxyl groups is 1. The summed E-state index contributed by atoms with van der Waals surface area (Å²) in [6.07, 6.45) is 2.58. The minimum Gasteiger partial charge on any atom is -0.490 e. The van der Waals surface area contributed by atoms with Gasteiger partial charge in [0.2, 0.25) is 5.91 Å². The molecule has 1 aromatic rings. The number of likely N-dealkylation sites (tertiary alicyclic amines) is 1. The third kappa shape index (κ3) is 7.10. The van der Waals surface area contributed by atoms with E-state index in [1.54, 1.807) is 0 Å². The van der Waals surface area contributed by atoms with Gasteiger partial charge in [-0.1, -0.05) is 6.07 Å². The standard InChI is InChI=1S/C27H43N3O6/c1-4-34-25-16-21(7-8-24(25)35-15-12-29-10-13-33-14-11-29)18-30-9-5-6-23-22(30)17-27(3,32)26(19-36-23)28-20(2)31/h7-8,16,22-23,26,32H,4-6,9-15,17-19H2,1-3H3,(H,28,31)/t22-,23-,26-,27-/m1/s1. The van der Waals surface area contributed by atoms with E-state index in [0.717, 1.165) is 75.8 Å². The van der Waals surface area contributed by atoms with E-state index in [1.165, 1.54) is 6.92 Å². The highest BCUT2D eigenvalue weighted by atomic mass is 16.5. The average Bonchev–Trinajstić information content (AvgIpc) is 2.97. The van der Waals surface area contributed by atoms with E-state index in [0.29, 0.717) is 26.2 Å². The van der Waals surface area contributed by atoms with Crippen molar-refractivity contribution < 1.29 is 28.8 Å². The molecule has 3 aliphatic rings. The number of morpholine rings is 1. The van der Waals surface area contributed by atoms with Gasteiger partial charge in [0.1, 0.15) is 6.61 Å². The maximum absolute atomic E-state index is 11.7. The van der Waals surface area contributed by atoms with Crippen LogP contribution in [0.5, 0.6) is 11.5 Å². The van der Waals surface area contributed by atoms with Crippen molar-refractivity contribution in [3.8, 4) is 11.5 Å². The molecule has 3 saturated heterocycles. The normalized spacial score (nSPS) is 29.7. The first-order valence-electron chi connectivity index (χ1n) is 13.4. The number of rotatable bonds is 9. The smallest absolute Gasteiger partial charge is 0.217 e. The van der Waals surface area contributed by atoms with E-state index < -0.39 is 11.6 Å². The number of carbonyl (C=O) groups is 1. The van der Waals surface area contributed by atoms with Crippen LogP contribution in [0.15, 0.2) is 18.2 Å². The second kappa shape index (κ2) is 12.6. The quantitative estimate of drug-likeness (QED) is 0.525. The lowest BCUT2D eigenvalue weighted by Crippen LogP contribution is -2.55. The zero-order valence-electron chi connectivity index (χ0n) is 22.0. The molecule has 4 rings (SSSR count). The third-order valence-electron chi connectivity index (χ3n) is 7.52. The molecular formula is C27H43N3O6. The Labute approximate surface area is 215 Å². The Bertz CT molecular complexity index is 860. The SMILES string of the molecule is CCOc1cc(CN2CCC[C@H]3OC[C@@H](NC(C)=O)[C@](C)(O)C[C@H]32)ccc1OCCN1CCOCC1. The van der Waals surface area contributed by atoms with E-state index in [2.05, 4.69) is 27.2 Å². The molecule has 3 fully saturated rings. The van der Waals surface area contributed by atoms with Crippen LogP contribution in [0, 0.1) is 0 Å². The van der Waals surface area contributed by atoms with Gasteiger partial charge in [0, 0.05) is 39.1 Å². The zero-order valence-corrected chi connectivity index (χ0v) is 22.0. The van der Waals surface area contributed by atoms with Gasteiger partial charge in [-0.05, 0) is 57.4 Å². The minimum absolute atomic E-state index is 0.0399. The molecule has 2 N–H and O–H groups in total. The molecular weight excluding hydrogens is 462 g/mol. The molecule has 0 aromatic heterocycles. The number of piperidine rings is 1. The molecule has 0 saturated carbocycles. The van der Waals surface area contributed by atoms with Crippen molar-refractivity contribution in [3.63, 3.8) is 0 Å². The second-order valence-corrected chi connectivity index (χ2v) is 10.4. The van der Waals surface area contributed by atoms with Gasteiger partial charge in [-0.25, -0.2) is 0 Å². The minimum atomic E-state index is -1.05. The molecule has 1 amide bonds. The average molecular weight is 506 g/mol. The van der Waals surface area contributed by atoms with Gasteiger partial charge >= 0.3 is 0 Å². The van der Waals surface area contributed by atoms with Crippen LogP contribution in [0.1, 0.15) is 45.6 Å². The molecule has 9 nitrogen and oxygen atoms in total. The molecule has 1 aromatic carbocycles. The summed E-state index contributed by atoms with van der Waals surface area (Å²) in [5.74, 6) is 1.38. The van der Waals surface area contributed by atoms with Crippen molar-refractivity contribution in [3.05, 3.63) is 23.8 Å². The number of carbonyl (C=O) groups excluding carboxylic acids is 1. The highest BCUT2D eigenvalue weighted by molar-refractivity contribution is 5.73. The summed E-state index contributed by atoms with van der Waals surface area (Å²) in [6.45, 7) is 12.8. The van der Waals surface area contributed by atoms with Gasteiger partial charge < -0.3 is 29.4 Å². The summed E-state index contributed by atoms with van der Waals surface area (Å²) in [6, 6.07) is 5.85. The Kier molecular flexibility index (Phi) is 9.47. The van der Waals surface area contributed by atoms with Gasteiger partial charge in [-0.2, -0.15) is 0 Å². The van der Waals surface area contributed by atoms with Crippen LogP contribution in [0.3, 0.4) is 0 Å². The van der Waals surface area contributed by atoms with E-state index in [-0.39, 0.29) is 18.1 Å². The van der Waals surface area contributed by atoms with Crippen LogP contribution >= 0.6 is 0 Å². The van der Waals surface area contributed by atoms with E-state index >= 15 is 0 Å². The number of amides is 1.